The van der Waals surface area contributed by atoms with Crippen LogP contribution in [-0.2, 0) is 9.53 Å². The minimum atomic E-state index is -0.355. The van der Waals surface area contributed by atoms with Crippen molar-refractivity contribution in [2.75, 3.05) is 7.11 Å². The van der Waals surface area contributed by atoms with E-state index in [4.69, 9.17) is 9.47 Å². The summed E-state index contributed by atoms with van der Waals surface area (Å²) in [6.45, 7) is 2.24. The van der Waals surface area contributed by atoms with Crippen molar-refractivity contribution in [3.63, 3.8) is 0 Å². The molecular weight excluding hydrogens is 302 g/mol. The number of rotatable bonds is 5. The van der Waals surface area contributed by atoms with Crippen molar-refractivity contribution in [1.29, 1.82) is 0 Å². The predicted octanol–water partition coefficient (Wildman–Crippen LogP) is 4.60. The van der Waals surface area contributed by atoms with Crippen LogP contribution in [0.1, 0.15) is 51.0 Å². The SMILES string of the molecule is CCCC1CCC(C2=N/C(=C\c3ccccc3OC)C(=O)O2)CC1. The highest BCUT2D eigenvalue weighted by atomic mass is 16.6. The Labute approximate surface area is 143 Å². The summed E-state index contributed by atoms with van der Waals surface area (Å²) in [4.78, 5) is 16.6. The fourth-order valence-electron chi connectivity index (χ4n) is 3.64. The molecule has 4 nitrogen and oxygen atoms in total. The Morgan fingerprint density at radius 3 is 2.71 bits per heavy atom. The van der Waals surface area contributed by atoms with Gasteiger partial charge in [-0.15, -0.1) is 0 Å². The third-order valence-electron chi connectivity index (χ3n) is 4.96. The van der Waals surface area contributed by atoms with Crippen LogP contribution in [0.5, 0.6) is 5.75 Å². The molecule has 0 saturated heterocycles. The van der Waals surface area contributed by atoms with Crippen molar-refractivity contribution in [2.45, 2.75) is 45.4 Å². The second-order valence-electron chi connectivity index (χ2n) is 6.62. The summed E-state index contributed by atoms with van der Waals surface area (Å²) in [7, 11) is 1.62. The van der Waals surface area contributed by atoms with Gasteiger partial charge < -0.3 is 9.47 Å². The van der Waals surface area contributed by atoms with Crippen LogP contribution in [0.2, 0.25) is 0 Å². The van der Waals surface area contributed by atoms with Crippen molar-refractivity contribution >= 4 is 17.9 Å². The van der Waals surface area contributed by atoms with E-state index in [1.165, 1.54) is 25.7 Å². The molecule has 1 aromatic rings. The van der Waals surface area contributed by atoms with E-state index >= 15 is 0 Å². The van der Waals surface area contributed by atoms with Crippen molar-refractivity contribution in [3.8, 4) is 5.75 Å². The molecule has 0 N–H and O–H groups in total. The zero-order valence-corrected chi connectivity index (χ0v) is 14.5. The highest BCUT2D eigenvalue weighted by molar-refractivity contribution is 6.08. The summed E-state index contributed by atoms with van der Waals surface area (Å²) < 4.78 is 10.8. The van der Waals surface area contributed by atoms with Gasteiger partial charge in [0.05, 0.1) is 7.11 Å². The Morgan fingerprint density at radius 2 is 2.00 bits per heavy atom. The van der Waals surface area contributed by atoms with Crippen LogP contribution < -0.4 is 4.74 Å². The molecule has 1 aromatic carbocycles. The van der Waals surface area contributed by atoms with Crippen LogP contribution in [0, 0.1) is 11.8 Å². The molecule has 1 heterocycles. The van der Waals surface area contributed by atoms with Crippen LogP contribution in [0.15, 0.2) is 35.0 Å². The molecule has 0 amide bonds. The molecule has 1 aliphatic carbocycles. The molecule has 0 radical (unpaired) electrons. The summed E-state index contributed by atoms with van der Waals surface area (Å²) in [5.41, 5.74) is 1.20. The molecule has 0 spiro atoms. The number of methoxy groups -OCH3 is 1. The predicted molar refractivity (Wildman–Crippen MR) is 94.9 cm³/mol. The van der Waals surface area contributed by atoms with Gasteiger partial charge in [-0.1, -0.05) is 38.0 Å². The molecule has 0 aromatic heterocycles. The van der Waals surface area contributed by atoms with E-state index in [9.17, 15) is 4.79 Å². The molecule has 2 aliphatic rings. The molecular formula is C20H25NO3. The first kappa shape index (κ1) is 16.7. The first-order chi connectivity index (χ1) is 11.7. The number of ether oxygens (including phenoxy) is 2. The van der Waals surface area contributed by atoms with Gasteiger partial charge in [0.1, 0.15) is 5.75 Å². The van der Waals surface area contributed by atoms with E-state index < -0.39 is 0 Å². The van der Waals surface area contributed by atoms with Gasteiger partial charge in [0.2, 0.25) is 5.90 Å². The number of hydrogen-bond donors (Lipinski definition) is 0. The fourth-order valence-corrected chi connectivity index (χ4v) is 3.64. The quantitative estimate of drug-likeness (QED) is 0.586. The first-order valence-corrected chi connectivity index (χ1v) is 8.86. The van der Waals surface area contributed by atoms with E-state index in [0.29, 0.717) is 11.6 Å². The normalized spacial score (nSPS) is 25.5. The number of esters is 1. The minimum Gasteiger partial charge on any atom is -0.496 e. The van der Waals surface area contributed by atoms with E-state index in [-0.39, 0.29) is 11.9 Å². The van der Waals surface area contributed by atoms with E-state index in [1.807, 2.05) is 24.3 Å². The average Bonchev–Trinajstić information content (AvgIpc) is 2.97. The maximum Gasteiger partial charge on any atom is 0.363 e. The third kappa shape index (κ3) is 3.69. The maximum absolute atomic E-state index is 12.2. The third-order valence-corrected chi connectivity index (χ3v) is 4.96. The lowest BCUT2D eigenvalue weighted by Crippen LogP contribution is -2.22. The molecule has 0 atom stereocenters. The highest BCUT2D eigenvalue weighted by Gasteiger charge is 2.32. The zero-order valence-electron chi connectivity index (χ0n) is 14.5. The molecule has 3 rings (SSSR count). The Morgan fingerprint density at radius 1 is 1.25 bits per heavy atom. The maximum atomic E-state index is 12.2. The summed E-state index contributed by atoms with van der Waals surface area (Å²) in [5, 5.41) is 0. The number of carbonyl (C=O) groups excluding carboxylic acids is 1. The van der Waals surface area contributed by atoms with Crippen molar-refractivity contribution in [3.05, 3.63) is 35.5 Å². The monoisotopic (exact) mass is 327 g/mol. The van der Waals surface area contributed by atoms with Crippen LogP contribution in [0.4, 0.5) is 0 Å². The molecule has 0 bridgehead atoms. The highest BCUT2D eigenvalue weighted by Crippen LogP contribution is 2.34. The first-order valence-electron chi connectivity index (χ1n) is 8.86. The van der Waals surface area contributed by atoms with Gasteiger partial charge in [-0.25, -0.2) is 9.79 Å². The van der Waals surface area contributed by atoms with Gasteiger partial charge in [0.25, 0.3) is 0 Å². The topological polar surface area (TPSA) is 47.9 Å². The van der Waals surface area contributed by atoms with Crippen LogP contribution in [-0.4, -0.2) is 19.0 Å². The van der Waals surface area contributed by atoms with Crippen molar-refractivity contribution in [1.82, 2.24) is 0 Å². The Balaban J connectivity index is 1.73. The van der Waals surface area contributed by atoms with E-state index in [0.717, 1.165) is 30.1 Å². The number of nitrogens with zero attached hydrogens (tertiary/aromatic N) is 1. The van der Waals surface area contributed by atoms with Gasteiger partial charge in [-0.3, -0.25) is 0 Å². The van der Waals surface area contributed by atoms with E-state index in [1.54, 1.807) is 13.2 Å². The second kappa shape index (κ2) is 7.65. The lowest BCUT2D eigenvalue weighted by atomic mass is 9.80. The second-order valence-corrected chi connectivity index (χ2v) is 6.62. The van der Waals surface area contributed by atoms with Crippen LogP contribution in [0.3, 0.4) is 0 Å². The Hall–Kier alpha value is -2.10. The fraction of sp³-hybridized carbons (Fsp3) is 0.500. The number of benzene rings is 1. The Kier molecular flexibility index (Phi) is 5.34. The summed E-state index contributed by atoms with van der Waals surface area (Å²) in [6, 6.07) is 7.58. The number of para-hydroxylation sites is 1. The van der Waals surface area contributed by atoms with Crippen molar-refractivity contribution < 1.29 is 14.3 Å². The molecule has 4 heteroatoms. The van der Waals surface area contributed by atoms with Crippen LogP contribution in [0.25, 0.3) is 6.08 Å². The molecule has 0 unspecified atom stereocenters. The summed E-state index contributed by atoms with van der Waals surface area (Å²) in [5.74, 6) is 2.09. The molecule has 24 heavy (non-hydrogen) atoms. The average molecular weight is 327 g/mol. The molecule has 1 fully saturated rings. The van der Waals surface area contributed by atoms with Crippen molar-refractivity contribution in [2.24, 2.45) is 16.8 Å². The number of cyclic esters (lactones) is 1. The summed E-state index contributed by atoms with van der Waals surface area (Å²) >= 11 is 0. The molecule has 1 saturated carbocycles. The van der Waals surface area contributed by atoms with Gasteiger partial charge in [0, 0.05) is 11.5 Å². The number of aliphatic imine (C=N–C) groups is 1. The smallest absolute Gasteiger partial charge is 0.363 e. The van der Waals surface area contributed by atoms with E-state index in [2.05, 4.69) is 11.9 Å². The lowest BCUT2D eigenvalue weighted by Gasteiger charge is -2.27. The van der Waals surface area contributed by atoms with Gasteiger partial charge in [-0.2, -0.15) is 0 Å². The molecule has 1 aliphatic heterocycles. The minimum absolute atomic E-state index is 0.283. The van der Waals surface area contributed by atoms with Crippen LogP contribution >= 0.6 is 0 Å². The number of carbonyl (C=O) groups is 1. The lowest BCUT2D eigenvalue weighted by molar-refractivity contribution is -0.130. The van der Waals surface area contributed by atoms with Gasteiger partial charge in [-0.05, 0) is 43.7 Å². The van der Waals surface area contributed by atoms with Gasteiger partial charge in [0.15, 0.2) is 5.70 Å². The zero-order chi connectivity index (χ0) is 16.9. The number of hydrogen-bond acceptors (Lipinski definition) is 4. The standard InChI is InChI=1S/C20H25NO3/c1-3-6-14-9-11-15(12-10-14)19-21-17(20(22)24-19)13-16-7-4-5-8-18(16)23-2/h4-5,7-8,13-15H,3,6,9-12H2,1-2H3/b17-13-. The Bertz CT molecular complexity index is 655. The summed E-state index contributed by atoms with van der Waals surface area (Å²) in [6.07, 6.45) is 8.85. The van der Waals surface area contributed by atoms with Gasteiger partial charge >= 0.3 is 5.97 Å². The molecule has 128 valence electrons. The largest absolute Gasteiger partial charge is 0.496 e.